The number of fused-ring (bicyclic) bond motifs is 1. The molecule has 0 fully saturated rings. The zero-order valence-corrected chi connectivity index (χ0v) is 11.5. The number of hydrogen-bond acceptors (Lipinski definition) is 2. The molecular formula is C15H20N2O2. The van der Waals surface area contributed by atoms with Gasteiger partial charge in [-0.15, -0.1) is 0 Å². The molecule has 2 aromatic rings. The van der Waals surface area contributed by atoms with E-state index < -0.39 is 0 Å². The molecule has 2 rings (SSSR count). The smallest absolute Gasteiger partial charge is 0.222 e. The van der Waals surface area contributed by atoms with Gasteiger partial charge in [-0.1, -0.05) is 6.07 Å². The molecule has 1 aromatic carbocycles. The number of rotatable bonds is 5. The number of carbonyl (C=O) groups excluding carboxylic acids is 1. The lowest BCUT2D eigenvalue weighted by Crippen LogP contribution is -2.21. The molecule has 0 aliphatic carbocycles. The molecule has 1 heterocycles. The second-order valence-electron chi connectivity index (χ2n) is 4.95. The third-order valence-corrected chi connectivity index (χ3v) is 3.31. The summed E-state index contributed by atoms with van der Waals surface area (Å²) in [5.41, 5.74) is 2.07. The number of hydrogen-bond donors (Lipinski definition) is 1. The second kappa shape index (κ2) is 5.89. The molecule has 0 atom stereocenters. The molecule has 0 saturated heterocycles. The highest BCUT2D eigenvalue weighted by molar-refractivity contribution is 5.81. The quantitative estimate of drug-likeness (QED) is 0.893. The van der Waals surface area contributed by atoms with Crippen molar-refractivity contribution in [2.75, 3.05) is 14.1 Å². The fraction of sp³-hybridized carbons (Fsp3) is 0.400. The van der Waals surface area contributed by atoms with Gasteiger partial charge in [0.15, 0.2) is 0 Å². The zero-order chi connectivity index (χ0) is 13.8. The topological polar surface area (TPSA) is 45.5 Å². The number of aliphatic hydroxyl groups excluding tert-OH is 1. The Morgan fingerprint density at radius 2 is 2.11 bits per heavy atom. The molecule has 1 amide bonds. The van der Waals surface area contributed by atoms with Gasteiger partial charge >= 0.3 is 0 Å². The molecule has 0 radical (unpaired) electrons. The fourth-order valence-corrected chi connectivity index (χ4v) is 2.17. The summed E-state index contributed by atoms with van der Waals surface area (Å²) >= 11 is 0. The molecule has 4 heteroatoms. The van der Waals surface area contributed by atoms with Crippen LogP contribution in [0.2, 0.25) is 0 Å². The monoisotopic (exact) mass is 260 g/mol. The van der Waals surface area contributed by atoms with E-state index >= 15 is 0 Å². The van der Waals surface area contributed by atoms with E-state index in [0.29, 0.717) is 6.42 Å². The van der Waals surface area contributed by atoms with Crippen LogP contribution in [-0.4, -0.2) is 34.6 Å². The second-order valence-corrected chi connectivity index (χ2v) is 4.95. The van der Waals surface area contributed by atoms with Gasteiger partial charge in [-0.3, -0.25) is 4.79 Å². The van der Waals surface area contributed by atoms with E-state index in [2.05, 4.69) is 4.57 Å². The Morgan fingerprint density at radius 3 is 2.79 bits per heavy atom. The number of carbonyl (C=O) groups is 1. The lowest BCUT2D eigenvalue weighted by molar-refractivity contribution is -0.128. The van der Waals surface area contributed by atoms with Crippen LogP contribution in [0.25, 0.3) is 10.9 Å². The largest absolute Gasteiger partial charge is 0.392 e. The van der Waals surface area contributed by atoms with Crippen molar-refractivity contribution in [3.63, 3.8) is 0 Å². The standard InChI is InChI=1S/C15H20N2O2/c1-16(2)15(19)4-3-8-17-9-7-13-10-12(11-18)5-6-14(13)17/h5-7,9-10,18H,3-4,8,11H2,1-2H3. The van der Waals surface area contributed by atoms with Crippen LogP contribution in [0.5, 0.6) is 0 Å². The first kappa shape index (κ1) is 13.6. The van der Waals surface area contributed by atoms with Crippen molar-refractivity contribution in [3.8, 4) is 0 Å². The highest BCUT2D eigenvalue weighted by Gasteiger charge is 2.05. The SMILES string of the molecule is CN(C)C(=O)CCCn1ccc2cc(CO)ccc21. The summed E-state index contributed by atoms with van der Waals surface area (Å²) in [7, 11) is 3.56. The third kappa shape index (κ3) is 3.15. The van der Waals surface area contributed by atoms with Crippen molar-refractivity contribution >= 4 is 16.8 Å². The summed E-state index contributed by atoms with van der Waals surface area (Å²) in [5.74, 6) is 0.166. The van der Waals surface area contributed by atoms with Crippen molar-refractivity contribution in [1.82, 2.24) is 9.47 Å². The summed E-state index contributed by atoms with van der Waals surface area (Å²) in [5, 5.41) is 10.2. The average molecular weight is 260 g/mol. The Balaban J connectivity index is 2.03. The number of aliphatic hydroxyl groups is 1. The zero-order valence-electron chi connectivity index (χ0n) is 11.5. The summed E-state index contributed by atoms with van der Waals surface area (Å²) < 4.78 is 2.15. The molecule has 0 bridgehead atoms. The van der Waals surface area contributed by atoms with Gasteiger partial charge in [0.2, 0.25) is 5.91 Å². The average Bonchev–Trinajstić information content (AvgIpc) is 2.80. The predicted molar refractivity (Wildman–Crippen MR) is 75.8 cm³/mol. The maximum absolute atomic E-state index is 11.5. The van der Waals surface area contributed by atoms with Crippen LogP contribution < -0.4 is 0 Å². The highest BCUT2D eigenvalue weighted by Crippen LogP contribution is 2.18. The van der Waals surface area contributed by atoms with Gasteiger partial charge in [0.1, 0.15) is 0 Å². The first-order chi connectivity index (χ1) is 9.11. The molecule has 1 N–H and O–H groups in total. The summed E-state index contributed by atoms with van der Waals surface area (Å²) in [4.78, 5) is 13.1. The van der Waals surface area contributed by atoms with Gasteiger partial charge in [0, 0.05) is 38.8 Å². The van der Waals surface area contributed by atoms with Crippen LogP contribution in [0.15, 0.2) is 30.5 Å². The minimum absolute atomic E-state index is 0.0679. The van der Waals surface area contributed by atoms with Crippen molar-refractivity contribution < 1.29 is 9.90 Å². The predicted octanol–water partition coefficient (Wildman–Crippen LogP) is 2.00. The molecule has 0 aliphatic heterocycles. The molecule has 0 saturated carbocycles. The van der Waals surface area contributed by atoms with E-state index in [1.54, 1.807) is 19.0 Å². The number of benzene rings is 1. The van der Waals surface area contributed by atoms with Crippen molar-refractivity contribution in [1.29, 1.82) is 0 Å². The molecular weight excluding hydrogens is 240 g/mol. The van der Waals surface area contributed by atoms with E-state index in [1.807, 2.05) is 30.5 Å². The van der Waals surface area contributed by atoms with Gasteiger partial charge in [0.25, 0.3) is 0 Å². The van der Waals surface area contributed by atoms with Crippen LogP contribution in [0, 0.1) is 0 Å². The molecule has 4 nitrogen and oxygen atoms in total. The fourth-order valence-electron chi connectivity index (χ4n) is 2.17. The maximum atomic E-state index is 11.5. The Labute approximate surface area is 113 Å². The molecule has 0 spiro atoms. The lowest BCUT2D eigenvalue weighted by atomic mass is 10.2. The van der Waals surface area contributed by atoms with Crippen LogP contribution >= 0.6 is 0 Å². The van der Waals surface area contributed by atoms with Gasteiger partial charge in [0.05, 0.1) is 6.61 Å². The summed E-state index contributed by atoms with van der Waals surface area (Å²) in [6, 6.07) is 8.00. The summed E-state index contributed by atoms with van der Waals surface area (Å²) in [6.07, 6.45) is 3.44. The summed E-state index contributed by atoms with van der Waals surface area (Å²) in [6.45, 7) is 0.903. The van der Waals surface area contributed by atoms with Crippen molar-refractivity contribution in [2.45, 2.75) is 26.0 Å². The number of aryl methyl sites for hydroxylation is 1. The van der Waals surface area contributed by atoms with Crippen LogP contribution in [0.4, 0.5) is 0 Å². The van der Waals surface area contributed by atoms with Gasteiger partial charge in [-0.05, 0) is 35.6 Å². The molecule has 0 unspecified atom stereocenters. The maximum Gasteiger partial charge on any atom is 0.222 e. The lowest BCUT2D eigenvalue weighted by Gasteiger charge is -2.10. The Kier molecular flexibility index (Phi) is 4.22. The first-order valence-electron chi connectivity index (χ1n) is 6.50. The molecule has 102 valence electrons. The minimum Gasteiger partial charge on any atom is -0.392 e. The normalized spacial score (nSPS) is 10.9. The first-order valence-corrected chi connectivity index (χ1v) is 6.50. The van der Waals surface area contributed by atoms with Crippen LogP contribution in [-0.2, 0) is 17.9 Å². The Morgan fingerprint density at radius 1 is 1.32 bits per heavy atom. The van der Waals surface area contributed by atoms with E-state index in [-0.39, 0.29) is 12.5 Å². The van der Waals surface area contributed by atoms with Gasteiger partial charge < -0.3 is 14.6 Å². The van der Waals surface area contributed by atoms with Crippen LogP contribution in [0.3, 0.4) is 0 Å². The van der Waals surface area contributed by atoms with Crippen molar-refractivity contribution in [2.24, 2.45) is 0 Å². The van der Waals surface area contributed by atoms with E-state index in [4.69, 9.17) is 5.11 Å². The molecule has 19 heavy (non-hydrogen) atoms. The van der Waals surface area contributed by atoms with Crippen molar-refractivity contribution in [3.05, 3.63) is 36.0 Å². The Hall–Kier alpha value is -1.81. The van der Waals surface area contributed by atoms with Gasteiger partial charge in [-0.25, -0.2) is 0 Å². The minimum atomic E-state index is 0.0679. The Bertz CT molecular complexity index is 573. The van der Waals surface area contributed by atoms with Crippen LogP contribution in [0.1, 0.15) is 18.4 Å². The van der Waals surface area contributed by atoms with E-state index in [0.717, 1.165) is 29.4 Å². The highest BCUT2D eigenvalue weighted by atomic mass is 16.3. The number of amides is 1. The van der Waals surface area contributed by atoms with E-state index in [1.165, 1.54) is 0 Å². The molecule has 0 aliphatic rings. The van der Waals surface area contributed by atoms with Gasteiger partial charge in [-0.2, -0.15) is 0 Å². The number of aromatic nitrogens is 1. The number of nitrogens with zero attached hydrogens (tertiary/aromatic N) is 2. The molecule has 1 aromatic heterocycles. The third-order valence-electron chi connectivity index (χ3n) is 3.31. The van der Waals surface area contributed by atoms with E-state index in [9.17, 15) is 4.79 Å².